The number of amides is 1. The van der Waals surface area contributed by atoms with E-state index < -0.39 is 0 Å². The molecule has 21 heavy (non-hydrogen) atoms. The van der Waals surface area contributed by atoms with Crippen LogP contribution in [0.1, 0.15) is 43.0 Å². The highest BCUT2D eigenvalue weighted by Gasteiger charge is 2.23. The molecule has 3 N–H and O–H groups in total. The van der Waals surface area contributed by atoms with Crippen molar-refractivity contribution in [1.29, 1.82) is 0 Å². The Morgan fingerprint density at radius 3 is 2.81 bits per heavy atom. The van der Waals surface area contributed by atoms with Gasteiger partial charge in [-0.3, -0.25) is 4.79 Å². The molecule has 0 spiro atoms. The second-order valence-corrected chi connectivity index (χ2v) is 5.92. The van der Waals surface area contributed by atoms with Crippen LogP contribution in [-0.2, 0) is 0 Å². The van der Waals surface area contributed by atoms with Crippen LogP contribution in [0.4, 0.5) is 5.82 Å². The molecule has 0 saturated heterocycles. The number of fused-ring (bicyclic) bond motifs is 1. The largest absolute Gasteiger partial charge is 0.384 e. The van der Waals surface area contributed by atoms with Crippen molar-refractivity contribution in [2.45, 2.75) is 38.6 Å². The van der Waals surface area contributed by atoms with Crippen molar-refractivity contribution >= 4 is 22.6 Å². The number of carbonyl (C=O) groups excluding carboxylic acids is 1. The molecule has 0 aliphatic heterocycles. The topological polar surface area (TPSA) is 68.0 Å². The number of anilines is 1. The predicted molar refractivity (Wildman–Crippen MR) is 85.0 cm³/mol. The number of hydrogen-bond donors (Lipinski definition) is 2. The van der Waals surface area contributed by atoms with Gasteiger partial charge in [-0.2, -0.15) is 0 Å². The lowest BCUT2D eigenvalue weighted by Crippen LogP contribution is -2.37. The van der Waals surface area contributed by atoms with Crippen LogP contribution in [0.15, 0.2) is 30.3 Å². The second-order valence-electron chi connectivity index (χ2n) is 5.92. The molecule has 1 unspecified atom stereocenters. The first kappa shape index (κ1) is 13.9. The first-order chi connectivity index (χ1) is 10.1. The molecule has 1 saturated carbocycles. The zero-order chi connectivity index (χ0) is 14.8. The van der Waals surface area contributed by atoms with Gasteiger partial charge in [-0.05, 0) is 37.8 Å². The third kappa shape index (κ3) is 2.84. The Morgan fingerprint density at radius 1 is 1.33 bits per heavy atom. The Balaban J connectivity index is 1.87. The lowest BCUT2D eigenvalue weighted by Gasteiger charge is -2.20. The summed E-state index contributed by atoms with van der Waals surface area (Å²) in [5.74, 6) is 0.923. The normalized spacial score (nSPS) is 17.0. The number of nitrogens with one attached hydrogen (secondary N) is 1. The van der Waals surface area contributed by atoms with E-state index in [0.717, 1.165) is 10.9 Å². The van der Waals surface area contributed by atoms with Crippen LogP contribution in [0, 0.1) is 5.92 Å². The number of nitrogens with two attached hydrogens (primary N) is 1. The van der Waals surface area contributed by atoms with Crippen LogP contribution in [-0.4, -0.2) is 16.9 Å². The third-order valence-electron chi connectivity index (χ3n) is 4.45. The van der Waals surface area contributed by atoms with Crippen molar-refractivity contribution in [2.75, 3.05) is 5.73 Å². The fourth-order valence-electron chi connectivity index (χ4n) is 3.24. The molecule has 1 amide bonds. The smallest absolute Gasteiger partial charge is 0.252 e. The average molecular weight is 283 g/mol. The lowest BCUT2D eigenvalue weighted by molar-refractivity contribution is 0.0929. The van der Waals surface area contributed by atoms with Crippen molar-refractivity contribution in [2.24, 2.45) is 5.92 Å². The standard InChI is InChI=1S/C17H21N3O/c1-11(12-6-2-3-7-12)19-17(21)14-10-16(18)20-15-9-5-4-8-13(14)15/h4-5,8-12H,2-3,6-7H2,1H3,(H2,18,20)(H,19,21). The summed E-state index contributed by atoms with van der Waals surface area (Å²) in [6.07, 6.45) is 4.97. The Bertz CT molecular complexity index is 662. The van der Waals surface area contributed by atoms with Crippen LogP contribution < -0.4 is 11.1 Å². The quantitative estimate of drug-likeness (QED) is 0.909. The van der Waals surface area contributed by atoms with Crippen LogP contribution in [0.25, 0.3) is 10.9 Å². The molecule has 4 nitrogen and oxygen atoms in total. The van der Waals surface area contributed by atoms with E-state index in [9.17, 15) is 4.79 Å². The molecule has 110 valence electrons. The molecular formula is C17H21N3O. The van der Waals surface area contributed by atoms with Gasteiger partial charge in [0, 0.05) is 11.4 Å². The summed E-state index contributed by atoms with van der Waals surface area (Å²) in [6.45, 7) is 2.10. The monoisotopic (exact) mass is 283 g/mol. The fourth-order valence-corrected chi connectivity index (χ4v) is 3.24. The summed E-state index contributed by atoms with van der Waals surface area (Å²) in [4.78, 5) is 16.9. The van der Waals surface area contributed by atoms with Gasteiger partial charge in [0.25, 0.3) is 5.91 Å². The average Bonchev–Trinajstić information content (AvgIpc) is 3.00. The third-order valence-corrected chi connectivity index (χ3v) is 4.45. The zero-order valence-electron chi connectivity index (χ0n) is 12.3. The van der Waals surface area contributed by atoms with Gasteiger partial charge in [-0.1, -0.05) is 31.0 Å². The lowest BCUT2D eigenvalue weighted by atomic mass is 9.99. The SMILES string of the molecule is CC(NC(=O)c1cc(N)nc2ccccc12)C1CCCC1. The Hall–Kier alpha value is -2.10. The minimum Gasteiger partial charge on any atom is -0.384 e. The molecule has 1 heterocycles. The maximum Gasteiger partial charge on any atom is 0.252 e. The van der Waals surface area contributed by atoms with Gasteiger partial charge in [-0.25, -0.2) is 4.98 Å². The highest BCUT2D eigenvalue weighted by atomic mass is 16.1. The maximum absolute atomic E-state index is 12.6. The number of para-hydroxylation sites is 1. The molecule has 1 aromatic carbocycles. The Kier molecular flexibility index (Phi) is 3.78. The van der Waals surface area contributed by atoms with Crippen molar-refractivity contribution in [3.05, 3.63) is 35.9 Å². The van der Waals surface area contributed by atoms with E-state index in [1.54, 1.807) is 6.07 Å². The summed E-state index contributed by atoms with van der Waals surface area (Å²) in [7, 11) is 0. The molecular weight excluding hydrogens is 262 g/mol. The van der Waals surface area contributed by atoms with Gasteiger partial charge < -0.3 is 11.1 Å². The van der Waals surface area contributed by atoms with Crippen LogP contribution in [0.5, 0.6) is 0 Å². The van der Waals surface area contributed by atoms with Crippen molar-refractivity contribution in [3.8, 4) is 0 Å². The van der Waals surface area contributed by atoms with Gasteiger partial charge in [0.05, 0.1) is 11.1 Å². The number of nitrogen functional groups attached to an aromatic ring is 1. The minimum absolute atomic E-state index is 0.0558. The maximum atomic E-state index is 12.6. The van der Waals surface area contributed by atoms with E-state index in [-0.39, 0.29) is 11.9 Å². The highest BCUT2D eigenvalue weighted by Crippen LogP contribution is 2.28. The summed E-state index contributed by atoms with van der Waals surface area (Å²) in [5.41, 5.74) is 7.20. The number of benzene rings is 1. The van der Waals surface area contributed by atoms with Crippen molar-refractivity contribution in [1.82, 2.24) is 10.3 Å². The van der Waals surface area contributed by atoms with Crippen LogP contribution >= 0.6 is 0 Å². The van der Waals surface area contributed by atoms with E-state index in [4.69, 9.17) is 5.73 Å². The van der Waals surface area contributed by atoms with E-state index >= 15 is 0 Å². The molecule has 1 aliphatic carbocycles. The van der Waals surface area contributed by atoms with Crippen molar-refractivity contribution in [3.63, 3.8) is 0 Å². The highest BCUT2D eigenvalue weighted by molar-refractivity contribution is 6.06. The Labute approximate surface area is 124 Å². The number of rotatable bonds is 3. The predicted octanol–water partition coefficient (Wildman–Crippen LogP) is 3.13. The van der Waals surface area contributed by atoms with E-state index in [1.165, 1.54) is 25.7 Å². The molecule has 1 fully saturated rings. The summed E-state index contributed by atoms with van der Waals surface area (Å²) in [5, 5.41) is 3.99. The van der Waals surface area contributed by atoms with Gasteiger partial charge in [0.15, 0.2) is 0 Å². The molecule has 1 aliphatic rings. The number of aromatic nitrogens is 1. The number of pyridine rings is 1. The zero-order valence-corrected chi connectivity index (χ0v) is 12.3. The van der Waals surface area contributed by atoms with Gasteiger partial charge in [0.1, 0.15) is 5.82 Å². The van der Waals surface area contributed by atoms with Gasteiger partial charge in [0.2, 0.25) is 0 Å². The molecule has 4 heteroatoms. The summed E-state index contributed by atoms with van der Waals surface area (Å²) >= 11 is 0. The molecule has 1 atom stereocenters. The van der Waals surface area contributed by atoms with Gasteiger partial charge in [-0.15, -0.1) is 0 Å². The van der Waals surface area contributed by atoms with Gasteiger partial charge >= 0.3 is 0 Å². The molecule has 0 radical (unpaired) electrons. The number of nitrogens with zero attached hydrogens (tertiary/aromatic N) is 1. The van der Waals surface area contributed by atoms with E-state index in [1.807, 2.05) is 24.3 Å². The first-order valence-corrected chi connectivity index (χ1v) is 7.61. The Morgan fingerprint density at radius 2 is 2.05 bits per heavy atom. The first-order valence-electron chi connectivity index (χ1n) is 7.61. The molecule has 1 aromatic heterocycles. The molecule has 2 aromatic rings. The van der Waals surface area contributed by atoms with Crippen LogP contribution in [0.2, 0.25) is 0 Å². The van der Waals surface area contributed by atoms with E-state index in [0.29, 0.717) is 17.3 Å². The van der Waals surface area contributed by atoms with Crippen LogP contribution in [0.3, 0.4) is 0 Å². The van der Waals surface area contributed by atoms with Crippen molar-refractivity contribution < 1.29 is 4.79 Å². The molecule has 0 bridgehead atoms. The fraction of sp³-hybridized carbons (Fsp3) is 0.412. The number of carbonyl (C=O) groups is 1. The molecule has 3 rings (SSSR count). The second kappa shape index (κ2) is 5.72. The summed E-state index contributed by atoms with van der Waals surface area (Å²) < 4.78 is 0. The van der Waals surface area contributed by atoms with E-state index in [2.05, 4.69) is 17.2 Å². The summed E-state index contributed by atoms with van der Waals surface area (Å²) in [6, 6.07) is 9.47. The minimum atomic E-state index is -0.0558. The number of hydrogen-bond acceptors (Lipinski definition) is 3.